The van der Waals surface area contributed by atoms with Crippen LogP contribution in [0.5, 0.6) is 23.1 Å². The Labute approximate surface area is 226 Å². The minimum absolute atomic E-state index is 0.0460. The second-order valence-electron chi connectivity index (χ2n) is 9.67. The van der Waals surface area contributed by atoms with Crippen LogP contribution in [0.4, 0.5) is 11.4 Å². The van der Waals surface area contributed by atoms with Gasteiger partial charge in [0.25, 0.3) is 0 Å². The number of nitrogens with one attached hydrogen (secondary N) is 2. The van der Waals surface area contributed by atoms with E-state index >= 15 is 0 Å². The molecule has 39 heavy (non-hydrogen) atoms. The zero-order valence-corrected chi connectivity index (χ0v) is 21.9. The fourth-order valence-corrected chi connectivity index (χ4v) is 5.00. The monoisotopic (exact) mass is 529 g/mol. The van der Waals surface area contributed by atoms with Crippen LogP contribution in [0, 0.1) is 0 Å². The molecule has 2 aromatic heterocycles. The Hall–Kier alpha value is -4.38. The highest BCUT2D eigenvalue weighted by atomic mass is 16.5. The number of anilines is 2. The number of methoxy groups -OCH3 is 1. The Balaban J connectivity index is 1.11. The lowest BCUT2D eigenvalue weighted by Crippen LogP contribution is -2.25. The van der Waals surface area contributed by atoms with Crippen LogP contribution in [0.2, 0.25) is 0 Å². The minimum Gasteiger partial charge on any atom is -0.493 e. The van der Waals surface area contributed by atoms with E-state index in [0.29, 0.717) is 40.6 Å². The van der Waals surface area contributed by atoms with Gasteiger partial charge in [-0.3, -0.25) is 14.4 Å². The molecule has 2 aliphatic heterocycles. The summed E-state index contributed by atoms with van der Waals surface area (Å²) in [6.07, 6.45) is 8.15. The van der Waals surface area contributed by atoms with Gasteiger partial charge in [0.2, 0.25) is 11.8 Å². The molecule has 0 atom stereocenters. The van der Waals surface area contributed by atoms with Crippen molar-refractivity contribution in [3.05, 3.63) is 54.6 Å². The third-order valence-electron chi connectivity index (χ3n) is 6.98. The first kappa shape index (κ1) is 24.9. The maximum absolute atomic E-state index is 12.6. The molecule has 4 aromatic rings. The number of rotatable bonds is 10. The highest BCUT2D eigenvalue weighted by molar-refractivity contribution is 5.91. The summed E-state index contributed by atoms with van der Waals surface area (Å²) in [4.78, 5) is 23.7. The molecular formula is C28H31N7O4. The highest BCUT2D eigenvalue weighted by Gasteiger charge is 2.16. The number of amides is 1. The molecule has 0 spiro atoms. The molecule has 1 saturated heterocycles. The number of nitrogens with zero attached hydrogens (tertiary/aromatic N) is 5. The molecule has 6 rings (SSSR count). The average molecular weight is 530 g/mol. The van der Waals surface area contributed by atoms with Crippen molar-refractivity contribution in [1.29, 1.82) is 0 Å². The van der Waals surface area contributed by atoms with E-state index in [1.165, 1.54) is 29.4 Å². The molecule has 4 heterocycles. The second-order valence-corrected chi connectivity index (χ2v) is 9.67. The van der Waals surface area contributed by atoms with E-state index in [9.17, 15) is 4.79 Å². The summed E-state index contributed by atoms with van der Waals surface area (Å²) < 4.78 is 19.2. The van der Waals surface area contributed by atoms with Gasteiger partial charge in [-0.2, -0.15) is 5.10 Å². The lowest BCUT2D eigenvalue weighted by molar-refractivity contribution is -0.116. The molecule has 1 amide bonds. The Bertz CT molecular complexity index is 1480. The van der Waals surface area contributed by atoms with Gasteiger partial charge in [-0.05, 0) is 56.1 Å². The van der Waals surface area contributed by atoms with Crippen LogP contribution >= 0.6 is 0 Å². The third kappa shape index (κ3) is 5.73. The highest BCUT2D eigenvalue weighted by Crippen LogP contribution is 2.36. The summed E-state index contributed by atoms with van der Waals surface area (Å²) in [5.74, 6) is 1.84. The summed E-state index contributed by atoms with van der Waals surface area (Å²) >= 11 is 0. The summed E-state index contributed by atoms with van der Waals surface area (Å²) in [5.41, 5.74) is 3.75. The Morgan fingerprint density at radius 3 is 2.90 bits per heavy atom. The van der Waals surface area contributed by atoms with E-state index in [4.69, 9.17) is 14.2 Å². The number of carbonyl (C=O) groups excluding carboxylic acids is 1. The van der Waals surface area contributed by atoms with Gasteiger partial charge in [0, 0.05) is 30.5 Å². The van der Waals surface area contributed by atoms with Crippen LogP contribution in [0.3, 0.4) is 0 Å². The Morgan fingerprint density at radius 2 is 2.03 bits per heavy atom. The third-order valence-corrected chi connectivity index (χ3v) is 6.98. The SMILES string of the molecule is COc1cc2c(Oc3cnn(CC(=O)Nc4ccc5c(c4)NCC5)c3)ncnc2cc1OCCN1CCCC1. The van der Waals surface area contributed by atoms with Gasteiger partial charge >= 0.3 is 0 Å². The predicted molar refractivity (Wildman–Crippen MR) is 147 cm³/mol. The van der Waals surface area contributed by atoms with Crippen LogP contribution in [-0.4, -0.2) is 70.5 Å². The topological polar surface area (TPSA) is 116 Å². The number of aromatic nitrogens is 4. The minimum atomic E-state index is -0.183. The number of carbonyl (C=O) groups is 1. The van der Waals surface area contributed by atoms with Crippen LogP contribution in [-0.2, 0) is 17.8 Å². The maximum atomic E-state index is 12.6. The molecule has 0 aliphatic carbocycles. The first-order valence-electron chi connectivity index (χ1n) is 13.2. The quantitative estimate of drug-likeness (QED) is 0.317. The molecule has 202 valence electrons. The summed E-state index contributed by atoms with van der Waals surface area (Å²) in [6, 6.07) is 9.57. The van der Waals surface area contributed by atoms with Gasteiger partial charge in [-0.25, -0.2) is 9.97 Å². The lowest BCUT2D eigenvalue weighted by atomic mass is 10.1. The predicted octanol–water partition coefficient (Wildman–Crippen LogP) is 3.71. The van der Waals surface area contributed by atoms with E-state index in [-0.39, 0.29) is 12.5 Å². The summed E-state index contributed by atoms with van der Waals surface area (Å²) in [7, 11) is 1.60. The number of likely N-dealkylation sites (tertiary alicyclic amines) is 1. The smallest absolute Gasteiger partial charge is 0.246 e. The second kappa shape index (κ2) is 11.2. The van der Waals surface area contributed by atoms with Gasteiger partial charge in [-0.1, -0.05) is 6.07 Å². The summed E-state index contributed by atoms with van der Waals surface area (Å²) in [6.45, 7) is 4.67. The zero-order valence-electron chi connectivity index (χ0n) is 21.9. The average Bonchev–Trinajstić information content (AvgIpc) is 3.71. The van der Waals surface area contributed by atoms with Crippen molar-refractivity contribution < 1.29 is 19.0 Å². The van der Waals surface area contributed by atoms with Crippen LogP contribution < -0.4 is 24.8 Å². The van der Waals surface area contributed by atoms with Gasteiger partial charge in [0.05, 0.1) is 30.4 Å². The molecule has 0 radical (unpaired) electrons. The van der Waals surface area contributed by atoms with Crippen molar-refractivity contribution in [2.45, 2.75) is 25.8 Å². The molecule has 0 saturated carbocycles. The largest absolute Gasteiger partial charge is 0.493 e. The summed E-state index contributed by atoms with van der Waals surface area (Å²) in [5, 5.41) is 11.2. The molecule has 1 fully saturated rings. The molecule has 2 aromatic carbocycles. The zero-order chi connectivity index (χ0) is 26.6. The van der Waals surface area contributed by atoms with Crippen molar-refractivity contribution >= 4 is 28.2 Å². The molecule has 0 unspecified atom stereocenters. The molecule has 0 bridgehead atoms. The molecular weight excluding hydrogens is 498 g/mol. The fraction of sp³-hybridized carbons (Fsp3) is 0.357. The van der Waals surface area contributed by atoms with E-state index < -0.39 is 0 Å². The number of hydrogen-bond acceptors (Lipinski definition) is 9. The molecule has 11 heteroatoms. The normalized spacial score (nSPS) is 14.7. The van der Waals surface area contributed by atoms with Gasteiger partial charge in [0.1, 0.15) is 19.5 Å². The van der Waals surface area contributed by atoms with Crippen molar-refractivity contribution in [2.75, 3.05) is 50.5 Å². The number of ether oxygens (including phenoxy) is 3. The lowest BCUT2D eigenvalue weighted by Gasteiger charge is -2.16. The first-order valence-corrected chi connectivity index (χ1v) is 13.2. The Morgan fingerprint density at radius 1 is 1.13 bits per heavy atom. The maximum Gasteiger partial charge on any atom is 0.246 e. The fourth-order valence-electron chi connectivity index (χ4n) is 5.00. The first-order chi connectivity index (χ1) is 19.1. The van der Waals surface area contributed by atoms with Gasteiger partial charge in [-0.15, -0.1) is 0 Å². The van der Waals surface area contributed by atoms with Crippen molar-refractivity contribution in [3.63, 3.8) is 0 Å². The van der Waals surface area contributed by atoms with E-state index in [1.807, 2.05) is 30.3 Å². The number of hydrogen-bond donors (Lipinski definition) is 2. The Kier molecular flexibility index (Phi) is 7.13. The van der Waals surface area contributed by atoms with Crippen LogP contribution in [0.25, 0.3) is 10.9 Å². The standard InChI is InChI=1S/C28H31N7O4/c1-37-25-13-22-24(14-26(25)38-11-10-34-8-2-3-9-34)30-18-31-28(22)39-21-15-32-35(16-21)17-27(36)33-20-5-4-19-6-7-29-23(19)12-20/h4-5,12-16,18,29H,2-3,6-11,17H2,1H3,(H,33,36). The van der Waals surface area contributed by atoms with Gasteiger partial charge in [0.15, 0.2) is 17.2 Å². The van der Waals surface area contributed by atoms with Crippen molar-refractivity contribution in [2.24, 2.45) is 0 Å². The van der Waals surface area contributed by atoms with Crippen LogP contribution in [0.15, 0.2) is 49.1 Å². The van der Waals surface area contributed by atoms with Gasteiger partial charge < -0.3 is 24.8 Å². The molecule has 2 N–H and O–H groups in total. The van der Waals surface area contributed by atoms with Crippen molar-refractivity contribution in [3.8, 4) is 23.1 Å². The number of fused-ring (bicyclic) bond motifs is 2. The van der Waals surface area contributed by atoms with E-state index in [0.717, 1.165) is 44.0 Å². The van der Waals surface area contributed by atoms with Crippen LogP contribution in [0.1, 0.15) is 18.4 Å². The molecule has 2 aliphatic rings. The van der Waals surface area contributed by atoms with Crippen molar-refractivity contribution in [1.82, 2.24) is 24.6 Å². The molecule has 11 nitrogen and oxygen atoms in total. The van der Waals surface area contributed by atoms with E-state index in [1.54, 1.807) is 19.5 Å². The number of benzene rings is 2. The van der Waals surface area contributed by atoms with E-state index in [2.05, 4.69) is 30.6 Å².